The van der Waals surface area contributed by atoms with Crippen LogP contribution in [0.5, 0.6) is 5.75 Å². The molecule has 0 bridgehead atoms. The number of hydrogen-bond acceptors (Lipinski definition) is 5. The van der Waals surface area contributed by atoms with E-state index < -0.39 is 12.1 Å². The third-order valence-electron chi connectivity index (χ3n) is 3.02. The van der Waals surface area contributed by atoms with Crippen molar-refractivity contribution in [1.82, 2.24) is 0 Å². The van der Waals surface area contributed by atoms with Gasteiger partial charge in [0, 0.05) is 5.75 Å². The molecule has 19 heavy (non-hydrogen) atoms. The molecule has 1 aliphatic heterocycles. The molecule has 1 saturated heterocycles. The Bertz CT molecular complexity index is 429. The number of benzene rings is 1. The molecule has 1 aromatic rings. The van der Waals surface area contributed by atoms with Crippen molar-refractivity contribution in [2.24, 2.45) is 0 Å². The van der Waals surface area contributed by atoms with Crippen LogP contribution in [0, 0.1) is 0 Å². The van der Waals surface area contributed by atoms with E-state index in [-0.39, 0.29) is 6.10 Å². The fraction of sp³-hybridized carbons (Fsp3) is 0.500. The van der Waals surface area contributed by atoms with Gasteiger partial charge in [-0.15, -0.1) is 0 Å². The van der Waals surface area contributed by atoms with E-state index in [1.807, 2.05) is 17.8 Å². The first-order chi connectivity index (χ1) is 9.20. The van der Waals surface area contributed by atoms with Gasteiger partial charge in [0.05, 0.1) is 7.11 Å². The van der Waals surface area contributed by atoms with Crippen LogP contribution in [0.3, 0.4) is 0 Å². The third-order valence-corrected chi connectivity index (χ3v) is 4.20. The number of ether oxygens (including phenoxy) is 2. The second-order valence-electron chi connectivity index (χ2n) is 4.46. The van der Waals surface area contributed by atoms with E-state index in [2.05, 4.69) is 4.74 Å². The van der Waals surface area contributed by atoms with E-state index in [0.717, 1.165) is 12.2 Å². The van der Waals surface area contributed by atoms with Crippen molar-refractivity contribution in [3.8, 4) is 5.75 Å². The third kappa shape index (κ3) is 3.88. The minimum atomic E-state index is -1.26. The summed E-state index contributed by atoms with van der Waals surface area (Å²) in [5.41, 5.74) is 0.493. The first-order valence-corrected chi connectivity index (χ1v) is 7.46. The van der Waals surface area contributed by atoms with E-state index in [1.54, 1.807) is 18.2 Å². The minimum absolute atomic E-state index is 0.212. The average molecular weight is 282 g/mol. The lowest BCUT2D eigenvalue weighted by Crippen LogP contribution is -2.23. The van der Waals surface area contributed by atoms with Crippen LogP contribution in [0.4, 0.5) is 0 Å². The maximum absolute atomic E-state index is 11.3. The highest BCUT2D eigenvalue weighted by atomic mass is 32.2. The van der Waals surface area contributed by atoms with Crippen LogP contribution in [0.1, 0.15) is 24.5 Å². The van der Waals surface area contributed by atoms with Crippen molar-refractivity contribution < 1.29 is 19.4 Å². The summed E-state index contributed by atoms with van der Waals surface area (Å²) in [6.07, 6.45) is 1.18. The van der Waals surface area contributed by atoms with Gasteiger partial charge in [0.2, 0.25) is 0 Å². The highest BCUT2D eigenvalue weighted by Gasteiger charge is 2.19. The van der Waals surface area contributed by atoms with Crippen LogP contribution < -0.4 is 4.74 Å². The number of methoxy groups -OCH3 is 1. The number of aliphatic hydroxyl groups excluding tert-OH is 1. The number of esters is 1. The van der Waals surface area contributed by atoms with Crippen molar-refractivity contribution in [3.05, 3.63) is 29.8 Å². The van der Waals surface area contributed by atoms with Gasteiger partial charge in [0.1, 0.15) is 11.9 Å². The zero-order valence-corrected chi connectivity index (χ0v) is 11.7. The Labute approximate surface area is 117 Å². The van der Waals surface area contributed by atoms with Gasteiger partial charge >= 0.3 is 5.97 Å². The Balaban J connectivity index is 2.03. The standard InChI is InChI=1S/C14H18O4S/c1-17-14(16)13(15)10-4-2-5-11(8-10)18-12-6-3-7-19-9-12/h2,4-5,8,12-13,15H,3,6-7,9H2,1H3. The van der Waals surface area contributed by atoms with Crippen LogP contribution in [0.15, 0.2) is 24.3 Å². The molecule has 0 spiro atoms. The SMILES string of the molecule is COC(=O)C(O)c1cccc(OC2CCCSC2)c1. The molecule has 1 heterocycles. The van der Waals surface area contributed by atoms with Gasteiger partial charge in [0.25, 0.3) is 0 Å². The molecule has 1 fully saturated rings. The maximum atomic E-state index is 11.3. The Morgan fingerprint density at radius 1 is 1.53 bits per heavy atom. The molecule has 0 saturated carbocycles. The lowest BCUT2D eigenvalue weighted by molar-refractivity contribution is -0.150. The lowest BCUT2D eigenvalue weighted by Gasteiger charge is -2.23. The maximum Gasteiger partial charge on any atom is 0.339 e. The van der Waals surface area contributed by atoms with Gasteiger partial charge in [-0.2, -0.15) is 11.8 Å². The largest absolute Gasteiger partial charge is 0.490 e. The molecule has 4 nitrogen and oxygen atoms in total. The Hall–Kier alpha value is -1.20. The van der Waals surface area contributed by atoms with Crippen molar-refractivity contribution in [3.63, 3.8) is 0 Å². The summed E-state index contributed by atoms with van der Waals surface area (Å²) in [5.74, 6) is 2.21. The number of thioether (sulfide) groups is 1. The minimum Gasteiger partial charge on any atom is -0.490 e. The van der Waals surface area contributed by atoms with Crippen LogP contribution in [-0.2, 0) is 9.53 Å². The van der Waals surface area contributed by atoms with Crippen LogP contribution >= 0.6 is 11.8 Å². The van der Waals surface area contributed by atoms with E-state index in [4.69, 9.17) is 4.74 Å². The predicted octanol–water partition coefficient (Wildman–Crippen LogP) is 2.17. The molecule has 1 aromatic carbocycles. The highest BCUT2D eigenvalue weighted by molar-refractivity contribution is 7.99. The zero-order valence-electron chi connectivity index (χ0n) is 10.9. The zero-order chi connectivity index (χ0) is 13.7. The van der Waals surface area contributed by atoms with Gasteiger partial charge in [-0.1, -0.05) is 12.1 Å². The van der Waals surface area contributed by atoms with Crippen molar-refractivity contribution >= 4 is 17.7 Å². The summed E-state index contributed by atoms with van der Waals surface area (Å²) in [5, 5.41) is 9.79. The summed E-state index contributed by atoms with van der Waals surface area (Å²) in [6.45, 7) is 0. The summed E-state index contributed by atoms with van der Waals surface area (Å²) < 4.78 is 10.4. The van der Waals surface area contributed by atoms with Gasteiger partial charge in [-0.3, -0.25) is 0 Å². The van der Waals surface area contributed by atoms with Gasteiger partial charge in [-0.05, 0) is 36.3 Å². The summed E-state index contributed by atoms with van der Waals surface area (Å²) in [4.78, 5) is 11.3. The monoisotopic (exact) mass is 282 g/mol. The molecule has 0 radical (unpaired) electrons. The number of carbonyl (C=O) groups excluding carboxylic acids is 1. The van der Waals surface area contributed by atoms with E-state index in [9.17, 15) is 9.90 Å². The lowest BCUT2D eigenvalue weighted by atomic mass is 10.1. The Kier molecular flexibility index (Phi) is 5.10. The van der Waals surface area contributed by atoms with Crippen molar-refractivity contribution in [2.45, 2.75) is 25.0 Å². The molecular weight excluding hydrogens is 264 g/mol. The Morgan fingerprint density at radius 2 is 2.37 bits per heavy atom. The van der Waals surface area contributed by atoms with Gasteiger partial charge in [-0.25, -0.2) is 4.79 Å². The van der Waals surface area contributed by atoms with E-state index in [0.29, 0.717) is 11.3 Å². The second-order valence-corrected chi connectivity index (χ2v) is 5.61. The topological polar surface area (TPSA) is 55.8 Å². The van der Waals surface area contributed by atoms with Crippen LogP contribution in [0.2, 0.25) is 0 Å². The fourth-order valence-electron chi connectivity index (χ4n) is 2.00. The van der Waals surface area contributed by atoms with Crippen LogP contribution in [-0.4, -0.2) is 35.8 Å². The molecule has 104 valence electrons. The van der Waals surface area contributed by atoms with Gasteiger partial charge < -0.3 is 14.6 Å². The molecule has 1 aliphatic rings. The van der Waals surface area contributed by atoms with E-state index >= 15 is 0 Å². The number of aliphatic hydroxyl groups is 1. The summed E-state index contributed by atoms with van der Waals surface area (Å²) in [7, 11) is 1.26. The first kappa shape index (κ1) is 14.2. The number of hydrogen-bond donors (Lipinski definition) is 1. The quantitative estimate of drug-likeness (QED) is 0.858. The molecule has 0 aromatic heterocycles. The van der Waals surface area contributed by atoms with Crippen molar-refractivity contribution in [2.75, 3.05) is 18.6 Å². The molecule has 2 rings (SSSR count). The highest BCUT2D eigenvalue weighted by Crippen LogP contribution is 2.25. The molecular formula is C14H18O4S. The normalized spacial score (nSPS) is 20.6. The van der Waals surface area contributed by atoms with Crippen LogP contribution in [0.25, 0.3) is 0 Å². The molecule has 1 N–H and O–H groups in total. The molecule has 2 unspecified atom stereocenters. The van der Waals surface area contributed by atoms with E-state index in [1.165, 1.54) is 19.3 Å². The Morgan fingerprint density at radius 3 is 3.05 bits per heavy atom. The van der Waals surface area contributed by atoms with Gasteiger partial charge in [0.15, 0.2) is 6.10 Å². The van der Waals surface area contributed by atoms with Crippen molar-refractivity contribution in [1.29, 1.82) is 0 Å². The molecule has 2 atom stereocenters. The average Bonchev–Trinajstić information content (AvgIpc) is 2.47. The number of rotatable bonds is 4. The second kappa shape index (κ2) is 6.82. The number of carbonyl (C=O) groups is 1. The first-order valence-electron chi connectivity index (χ1n) is 6.31. The molecule has 5 heteroatoms. The molecule has 0 amide bonds. The fourth-order valence-corrected chi connectivity index (χ4v) is 3.04. The summed E-state index contributed by atoms with van der Waals surface area (Å²) in [6, 6.07) is 6.99. The predicted molar refractivity (Wildman–Crippen MR) is 74.4 cm³/mol. The smallest absolute Gasteiger partial charge is 0.339 e. The molecule has 0 aliphatic carbocycles. The summed E-state index contributed by atoms with van der Waals surface area (Å²) >= 11 is 1.89.